The second kappa shape index (κ2) is 10.5. The van der Waals surface area contributed by atoms with Crippen LogP contribution in [0.4, 0.5) is 0 Å². The van der Waals surface area contributed by atoms with Gasteiger partial charge in [0.25, 0.3) is 0 Å². The third-order valence-electron chi connectivity index (χ3n) is 7.20. The second-order valence-electron chi connectivity index (χ2n) is 9.29. The normalized spacial score (nSPS) is 26.1. The van der Waals surface area contributed by atoms with Crippen molar-refractivity contribution in [2.75, 3.05) is 39.3 Å². The molecule has 1 aromatic heterocycles. The molecule has 0 radical (unpaired) electrons. The standard InChI is InChI=1S/C24H38N4O/c29-24(27-14-4-2-1-3-5-15-27)22-7-6-16-28(20-22)23-10-17-26(18-11-23)19-21-8-12-25-13-9-21/h8-9,12-13,22-23H,1-7,10-11,14-20H2/t22-/m1/s1. The second-order valence-corrected chi connectivity index (χ2v) is 9.29. The van der Waals surface area contributed by atoms with Crippen molar-refractivity contribution in [1.29, 1.82) is 0 Å². The van der Waals surface area contributed by atoms with Crippen LogP contribution < -0.4 is 0 Å². The maximum Gasteiger partial charge on any atom is 0.226 e. The molecule has 29 heavy (non-hydrogen) atoms. The van der Waals surface area contributed by atoms with Crippen LogP contribution in [0.3, 0.4) is 0 Å². The highest BCUT2D eigenvalue weighted by Crippen LogP contribution is 2.26. The SMILES string of the molecule is O=C([C@@H]1CCCN(C2CCN(Cc3ccncc3)CC2)C1)N1CCCCCCC1. The molecule has 160 valence electrons. The van der Waals surface area contributed by atoms with E-state index in [-0.39, 0.29) is 5.92 Å². The molecule has 3 fully saturated rings. The molecule has 0 bridgehead atoms. The van der Waals surface area contributed by atoms with Gasteiger partial charge >= 0.3 is 0 Å². The summed E-state index contributed by atoms with van der Waals surface area (Å²) in [7, 11) is 0. The smallest absolute Gasteiger partial charge is 0.226 e. The van der Waals surface area contributed by atoms with Gasteiger partial charge in [-0.25, -0.2) is 0 Å². The Kier molecular flexibility index (Phi) is 7.55. The predicted octanol–water partition coefficient (Wildman–Crippen LogP) is 3.55. The molecule has 1 atom stereocenters. The van der Waals surface area contributed by atoms with Crippen LogP contribution in [-0.2, 0) is 11.3 Å². The highest BCUT2D eigenvalue weighted by Gasteiger charge is 2.33. The van der Waals surface area contributed by atoms with E-state index in [4.69, 9.17) is 0 Å². The highest BCUT2D eigenvalue weighted by molar-refractivity contribution is 5.79. The summed E-state index contributed by atoms with van der Waals surface area (Å²) in [6, 6.07) is 4.90. The lowest BCUT2D eigenvalue weighted by Crippen LogP contribution is -2.51. The van der Waals surface area contributed by atoms with Crippen molar-refractivity contribution in [2.24, 2.45) is 5.92 Å². The fourth-order valence-electron chi connectivity index (χ4n) is 5.45. The summed E-state index contributed by atoms with van der Waals surface area (Å²) in [5.41, 5.74) is 1.36. The Bertz CT molecular complexity index is 621. The summed E-state index contributed by atoms with van der Waals surface area (Å²) < 4.78 is 0. The monoisotopic (exact) mass is 398 g/mol. The molecule has 1 amide bonds. The van der Waals surface area contributed by atoms with Gasteiger partial charge in [0.2, 0.25) is 5.91 Å². The first kappa shape index (κ1) is 20.8. The first-order valence-corrected chi connectivity index (χ1v) is 11.9. The zero-order valence-electron chi connectivity index (χ0n) is 18.0. The first-order valence-electron chi connectivity index (χ1n) is 11.9. The molecule has 3 aliphatic heterocycles. The van der Waals surface area contributed by atoms with Crippen LogP contribution in [0, 0.1) is 5.92 Å². The molecule has 4 rings (SSSR count). The lowest BCUT2D eigenvalue weighted by atomic mass is 9.92. The van der Waals surface area contributed by atoms with Crippen molar-refractivity contribution in [3.05, 3.63) is 30.1 Å². The van der Waals surface area contributed by atoms with Gasteiger partial charge in [0.05, 0.1) is 5.92 Å². The number of piperidine rings is 2. The maximum absolute atomic E-state index is 13.2. The van der Waals surface area contributed by atoms with E-state index in [0.29, 0.717) is 11.9 Å². The molecular weight excluding hydrogens is 360 g/mol. The fraction of sp³-hybridized carbons (Fsp3) is 0.750. The van der Waals surface area contributed by atoms with Crippen molar-refractivity contribution in [1.82, 2.24) is 19.7 Å². The van der Waals surface area contributed by atoms with E-state index in [1.54, 1.807) is 0 Å². The third-order valence-corrected chi connectivity index (χ3v) is 7.20. The van der Waals surface area contributed by atoms with E-state index in [1.807, 2.05) is 12.4 Å². The van der Waals surface area contributed by atoms with Crippen LogP contribution in [0.1, 0.15) is 63.4 Å². The molecule has 3 saturated heterocycles. The highest BCUT2D eigenvalue weighted by atomic mass is 16.2. The van der Waals surface area contributed by atoms with E-state index >= 15 is 0 Å². The molecule has 4 heterocycles. The number of amides is 1. The Morgan fingerprint density at radius 2 is 1.55 bits per heavy atom. The van der Waals surface area contributed by atoms with Gasteiger partial charge in [-0.3, -0.25) is 19.6 Å². The van der Waals surface area contributed by atoms with Crippen molar-refractivity contribution < 1.29 is 4.79 Å². The van der Waals surface area contributed by atoms with Gasteiger partial charge < -0.3 is 4.90 Å². The largest absolute Gasteiger partial charge is 0.342 e. The van der Waals surface area contributed by atoms with Crippen LogP contribution in [-0.4, -0.2) is 70.9 Å². The molecule has 0 spiro atoms. The number of carbonyl (C=O) groups excluding carboxylic acids is 1. The van der Waals surface area contributed by atoms with Crippen molar-refractivity contribution >= 4 is 5.91 Å². The number of aromatic nitrogens is 1. The maximum atomic E-state index is 13.2. The summed E-state index contributed by atoms with van der Waals surface area (Å²) in [5, 5.41) is 0. The Labute approximate surface area is 176 Å². The van der Waals surface area contributed by atoms with Crippen molar-refractivity contribution in [3.8, 4) is 0 Å². The molecule has 5 nitrogen and oxygen atoms in total. The van der Waals surface area contributed by atoms with E-state index in [0.717, 1.165) is 45.7 Å². The molecular formula is C24H38N4O. The van der Waals surface area contributed by atoms with Gasteiger partial charge in [-0.1, -0.05) is 19.3 Å². The van der Waals surface area contributed by atoms with Gasteiger partial charge in [-0.15, -0.1) is 0 Å². The third kappa shape index (κ3) is 5.79. The molecule has 0 aromatic carbocycles. The van der Waals surface area contributed by atoms with Gasteiger partial charge in [0, 0.05) is 44.6 Å². The Morgan fingerprint density at radius 1 is 0.862 bits per heavy atom. The number of rotatable bonds is 4. The van der Waals surface area contributed by atoms with Crippen molar-refractivity contribution in [2.45, 2.75) is 70.4 Å². The van der Waals surface area contributed by atoms with E-state index in [2.05, 4.69) is 31.8 Å². The van der Waals surface area contributed by atoms with Gasteiger partial charge in [-0.2, -0.15) is 0 Å². The molecule has 0 aliphatic carbocycles. The molecule has 0 unspecified atom stereocenters. The minimum Gasteiger partial charge on any atom is -0.342 e. The molecule has 3 aliphatic rings. The number of hydrogen-bond acceptors (Lipinski definition) is 4. The summed E-state index contributed by atoms with van der Waals surface area (Å²) in [6.07, 6.45) is 14.8. The molecule has 5 heteroatoms. The minimum absolute atomic E-state index is 0.234. The van der Waals surface area contributed by atoms with Crippen LogP contribution in [0.15, 0.2) is 24.5 Å². The van der Waals surface area contributed by atoms with Crippen molar-refractivity contribution in [3.63, 3.8) is 0 Å². The van der Waals surface area contributed by atoms with Gasteiger partial charge in [0.15, 0.2) is 0 Å². The minimum atomic E-state index is 0.234. The molecule has 1 aromatic rings. The molecule has 0 N–H and O–H groups in total. The van der Waals surface area contributed by atoms with Gasteiger partial charge in [0.1, 0.15) is 0 Å². The topological polar surface area (TPSA) is 39.7 Å². The van der Waals surface area contributed by atoms with Crippen LogP contribution >= 0.6 is 0 Å². The lowest BCUT2D eigenvalue weighted by Gasteiger charge is -2.43. The van der Waals surface area contributed by atoms with E-state index in [9.17, 15) is 4.79 Å². The number of pyridine rings is 1. The fourth-order valence-corrected chi connectivity index (χ4v) is 5.45. The zero-order chi connectivity index (χ0) is 19.9. The number of carbonyl (C=O) groups is 1. The molecule has 0 saturated carbocycles. The lowest BCUT2D eigenvalue weighted by molar-refractivity contribution is -0.138. The quantitative estimate of drug-likeness (QED) is 0.778. The van der Waals surface area contributed by atoms with Crippen LogP contribution in [0.5, 0.6) is 0 Å². The van der Waals surface area contributed by atoms with Gasteiger partial charge in [-0.05, 0) is 75.9 Å². The number of likely N-dealkylation sites (tertiary alicyclic amines) is 3. The summed E-state index contributed by atoms with van der Waals surface area (Å²) in [4.78, 5) is 24.7. The zero-order valence-corrected chi connectivity index (χ0v) is 18.0. The van der Waals surface area contributed by atoms with E-state index < -0.39 is 0 Å². The average molecular weight is 399 g/mol. The van der Waals surface area contributed by atoms with Crippen LogP contribution in [0.25, 0.3) is 0 Å². The predicted molar refractivity (Wildman–Crippen MR) is 116 cm³/mol. The Hall–Kier alpha value is -1.46. The number of hydrogen-bond donors (Lipinski definition) is 0. The van der Waals surface area contributed by atoms with Crippen LogP contribution in [0.2, 0.25) is 0 Å². The Morgan fingerprint density at radius 3 is 2.28 bits per heavy atom. The van der Waals surface area contributed by atoms with E-state index in [1.165, 1.54) is 63.5 Å². The number of nitrogens with zero attached hydrogens (tertiary/aromatic N) is 4. The average Bonchev–Trinajstić information content (AvgIpc) is 2.75. The summed E-state index contributed by atoms with van der Waals surface area (Å²) in [5.74, 6) is 0.685. The summed E-state index contributed by atoms with van der Waals surface area (Å²) in [6.45, 7) is 7.50. The summed E-state index contributed by atoms with van der Waals surface area (Å²) >= 11 is 0. The first-order chi connectivity index (χ1) is 14.3. The Balaban J connectivity index is 1.26.